The molecule has 0 fully saturated rings. The first kappa shape index (κ1) is 24.4. The molecule has 2 rings (SSSR count). The molecule has 0 aliphatic rings. The molecule has 0 radical (unpaired) electrons. The number of hydrogen-bond acceptors (Lipinski definition) is 7. The highest BCUT2D eigenvalue weighted by Crippen LogP contribution is 2.35. The second kappa shape index (κ2) is 11.5. The fourth-order valence-corrected chi connectivity index (χ4v) is 3.72. The summed E-state index contributed by atoms with van der Waals surface area (Å²) in [7, 11) is 0. The van der Waals surface area contributed by atoms with E-state index in [4.69, 9.17) is 14.2 Å². The number of esters is 1. The molecule has 0 unspecified atom stereocenters. The van der Waals surface area contributed by atoms with Crippen LogP contribution < -0.4 is 14.8 Å². The van der Waals surface area contributed by atoms with Crippen LogP contribution in [0.3, 0.4) is 0 Å². The lowest BCUT2D eigenvalue weighted by atomic mass is 10.1. The zero-order chi connectivity index (χ0) is 23.0. The maximum Gasteiger partial charge on any atom is 0.341 e. The lowest BCUT2D eigenvalue weighted by molar-refractivity contribution is -0.112. The van der Waals surface area contributed by atoms with Gasteiger partial charge >= 0.3 is 5.97 Å². The molecule has 164 valence electrons. The predicted octanol–water partition coefficient (Wildman–Crippen LogP) is 5.42. The summed E-state index contributed by atoms with van der Waals surface area (Å²) < 4.78 is 17.0. The Morgan fingerprint density at radius 3 is 2.45 bits per heavy atom. The summed E-state index contributed by atoms with van der Waals surface area (Å²) in [5, 5.41) is 14.2. The first-order valence-electron chi connectivity index (χ1n) is 9.61. The Morgan fingerprint density at radius 1 is 1.23 bits per heavy atom. The van der Waals surface area contributed by atoms with Gasteiger partial charge in [-0.05, 0) is 62.9 Å². The lowest BCUT2D eigenvalue weighted by Crippen LogP contribution is -2.17. The summed E-state index contributed by atoms with van der Waals surface area (Å²) >= 11 is 4.61. The van der Waals surface area contributed by atoms with Crippen LogP contribution in [-0.4, -0.2) is 31.2 Å². The highest BCUT2D eigenvalue weighted by atomic mass is 79.9. The van der Waals surface area contributed by atoms with Crippen molar-refractivity contribution in [2.45, 2.75) is 33.8 Å². The Hall–Kier alpha value is -2.83. The third-order valence-electron chi connectivity index (χ3n) is 3.78. The van der Waals surface area contributed by atoms with Crippen molar-refractivity contribution >= 4 is 50.2 Å². The number of ether oxygens (including phenoxy) is 3. The van der Waals surface area contributed by atoms with E-state index in [1.807, 2.05) is 19.9 Å². The van der Waals surface area contributed by atoms with Gasteiger partial charge in [0.2, 0.25) is 0 Å². The molecule has 7 nitrogen and oxygen atoms in total. The standard InChI is InChI=1S/C22H23BrN2O5S/c1-5-28-18-10-14(17(23)11-19(18)29-6-2)9-15(12-24)20(26)25-21-16(7-8-31-21)22(27)30-13(3)4/h7-11,13H,5-6H2,1-4H3,(H,25,26). The number of thiophene rings is 1. The lowest BCUT2D eigenvalue weighted by Gasteiger charge is -2.13. The average Bonchev–Trinajstić information content (AvgIpc) is 3.17. The quantitative estimate of drug-likeness (QED) is 0.277. The summed E-state index contributed by atoms with van der Waals surface area (Å²) in [5.74, 6) is -0.108. The molecular weight excluding hydrogens is 484 g/mol. The number of rotatable bonds is 9. The monoisotopic (exact) mass is 506 g/mol. The van der Waals surface area contributed by atoms with Gasteiger partial charge in [0.15, 0.2) is 11.5 Å². The Morgan fingerprint density at radius 2 is 1.87 bits per heavy atom. The van der Waals surface area contributed by atoms with Gasteiger partial charge in [-0.15, -0.1) is 11.3 Å². The number of benzene rings is 1. The minimum Gasteiger partial charge on any atom is -0.490 e. The third kappa shape index (κ3) is 6.57. The van der Waals surface area contributed by atoms with Crippen molar-refractivity contribution in [2.75, 3.05) is 18.5 Å². The van der Waals surface area contributed by atoms with Crippen LogP contribution in [0.2, 0.25) is 0 Å². The van der Waals surface area contributed by atoms with Gasteiger partial charge in [-0.25, -0.2) is 4.79 Å². The number of nitriles is 1. The van der Waals surface area contributed by atoms with Gasteiger partial charge in [-0.1, -0.05) is 15.9 Å². The first-order chi connectivity index (χ1) is 14.8. The van der Waals surface area contributed by atoms with Crippen molar-refractivity contribution in [3.8, 4) is 17.6 Å². The van der Waals surface area contributed by atoms with Crippen LogP contribution in [-0.2, 0) is 9.53 Å². The van der Waals surface area contributed by atoms with E-state index in [2.05, 4.69) is 21.2 Å². The maximum absolute atomic E-state index is 12.7. The van der Waals surface area contributed by atoms with Crippen LogP contribution in [0.4, 0.5) is 5.00 Å². The summed E-state index contributed by atoms with van der Waals surface area (Å²) in [6.45, 7) is 8.10. The number of halogens is 1. The van der Waals surface area contributed by atoms with Gasteiger partial charge in [0.25, 0.3) is 5.91 Å². The number of amides is 1. The Labute approximate surface area is 193 Å². The van der Waals surface area contributed by atoms with E-state index in [-0.39, 0.29) is 17.2 Å². The van der Waals surface area contributed by atoms with Crippen LogP contribution in [0.25, 0.3) is 6.08 Å². The first-order valence-corrected chi connectivity index (χ1v) is 11.3. The molecule has 31 heavy (non-hydrogen) atoms. The van der Waals surface area contributed by atoms with Crippen molar-refractivity contribution in [3.05, 3.63) is 44.8 Å². The summed E-state index contributed by atoms with van der Waals surface area (Å²) in [4.78, 5) is 24.9. The topological polar surface area (TPSA) is 97.7 Å². The van der Waals surface area contributed by atoms with E-state index in [1.165, 1.54) is 17.4 Å². The van der Waals surface area contributed by atoms with Crippen molar-refractivity contribution in [2.24, 2.45) is 0 Å². The zero-order valence-corrected chi connectivity index (χ0v) is 20.1. The number of nitrogens with one attached hydrogen (secondary N) is 1. The zero-order valence-electron chi connectivity index (χ0n) is 17.7. The van der Waals surface area contributed by atoms with Gasteiger partial charge in [0.05, 0.1) is 24.9 Å². The number of carbonyl (C=O) groups excluding carboxylic acids is 2. The average molecular weight is 507 g/mol. The highest BCUT2D eigenvalue weighted by molar-refractivity contribution is 9.10. The smallest absolute Gasteiger partial charge is 0.341 e. The molecule has 1 amide bonds. The van der Waals surface area contributed by atoms with Gasteiger partial charge in [-0.3, -0.25) is 4.79 Å². The fourth-order valence-electron chi connectivity index (χ4n) is 2.52. The minimum atomic E-state index is -0.637. The van der Waals surface area contributed by atoms with Crippen LogP contribution in [0.5, 0.6) is 11.5 Å². The molecule has 0 bridgehead atoms. The molecule has 0 saturated heterocycles. The Bertz CT molecular complexity index is 1020. The molecular formula is C22H23BrN2O5S. The molecule has 0 atom stereocenters. The van der Waals surface area contributed by atoms with Crippen LogP contribution in [0.15, 0.2) is 33.6 Å². The molecule has 1 aromatic heterocycles. The third-order valence-corrected chi connectivity index (χ3v) is 5.30. The van der Waals surface area contributed by atoms with E-state index in [9.17, 15) is 14.9 Å². The summed E-state index contributed by atoms with van der Waals surface area (Å²) in [5.41, 5.74) is 0.679. The predicted molar refractivity (Wildman–Crippen MR) is 124 cm³/mol. The largest absolute Gasteiger partial charge is 0.490 e. The van der Waals surface area contributed by atoms with E-state index >= 15 is 0 Å². The van der Waals surface area contributed by atoms with E-state index in [0.717, 1.165) is 0 Å². The van der Waals surface area contributed by atoms with E-state index < -0.39 is 11.9 Å². The SMILES string of the molecule is CCOc1cc(Br)c(C=C(C#N)C(=O)Nc2sccc2C(=O)OC(C)C)cc1OCC. The normalized spacial score (nSPS) is 11.1. The van der Waals surface area contributed by atoms with Gasteiger partial charge in [-0.2, -0.15) is 5.26 Å². The Balaban J connectivity index is 2.32. The van der Waals surface area contributed by atoms with E-state index in [1.54, 1.807) is 37.4 Å². The van der Waals surface area contributed by atoms with Gasteiger partial charge in [0, 0.05) is 4.47 Å². The second-order valence-electron chi connectivity index (χ2n) is 6.43. The van der Waals surface area contributed by atoms with Crippen LogP contribution in [0, 0.1) is 11.3 Å². The van der Waals surface area contributed by atoms with Crippen molar-refractivity contribution in [1.82, 2.24) is 0 Å². The second-order valence-corrected chi connectivity index (χ2v) is 8.20. The minimum absolute atomic E-state index is 0.135. The molecule has 0 aliphatic carbocycles. The number of carbonyl (C=O) groups is 2. The molecule has 1 heterocycles. The summed E-state index contributed by atoms with van der Waals surface area (Å²) in [6, 6.07) is 6.90. The summed E-state index contributed by atoms with van der Waals surface area (Å²) in [6.07, 6.45) is 1.15. The number of hydrogen-bond donors (Lipinski definition) is 1. The van der Waals surface area contributed by atoms with Crippen LogP contribution >= 0.6 is 27.3 Å². The van der Waals surface area contributed by atoms with E-state index in [0.29, 0.717) is 39.8 Å². The highest BCUT2D eigenvalue weighted by Gasteiger charge is 2.20. The molecule has 9 heteroatoms. The molecule has 1 N–H and O–H groups in total. The molecule has 0 saturated carbocycles. The van der Waals surface area contributed by atoms with Gasteiger partial charge in [0.1, 0.15) is 16.6 Å². The van der Waals surface area contributed by atoms with Gasteiger partial charge < -0.3 is 19.5 Å². The molecule has 2 aromatic rings. The van der Waals surface area contributed by atoms with Crippen molar-refractivity contribution < 1.29 is 23.8 Å². The Kier molecular flexibility index (Phi) is 9.09. The van der Waals surface area contributed by atoms with Crippen molar-refractivity contribution in [3.63, 3.8) is 0 Å². The number of nitrogens with zero attached hydrogens (tertiary/aromatic N) is 1. The molecule has 0 aliphatic heterocycles. The maximum atomic E-state index is 12.7. The van der Waals surface area contributed by atoms with Crippen LogP contribution in [0.1, 0.15) is 43.6 Å². The molecule has 1 aromatic carbocycles. The fraction of sp³-hybridized carbons (Fsp3) is 0.318. The number of anilines is 1. The molecule has 0 spiro atoms. The van der Waals surface area contributed by atoms with Crippen molar-refractivity contribution in [1.29, 1.82) is 5.26 Å².